The van der Waals surface area contributed by atoms with Crippen molar-refractivity contribution in [2.75, 3.05) is 11.9 Å². The lowest BCUT2D eigenvalue weighted by atomic mass is 10.2. The lowest BCUT2D eigenvalue weighted by Crippen LogP contribution is -2.30. The van der Waals surface area contributed by atoms with E-state index >= 15 is 0 Å². The Labute approximate surface area is 163 Å². The molecule has 1 aliphatic rings. The topological polar surface area (TPSA) is 106 Å². The molecular formula is C20H22N4O4. The number of nitrogens with one attached hydrogen (secondary N) is 1. The van der Waals surface area contributed by atoms with Crippen molar-refractivity contribution in [3.05, 3.63) is 42.1 Å². The summed E-state index contributed by atoms with van der Waals surface area (Å²) in [4.78, 5) is 24.2. The molecule has 1 fully saturated rings. The fraction of sp³-hybridized carbons (Fsp3) is 0.400. The number of hydrogen-bond donors (Lipinski definition) is 1. The van der Waals surface area contributed by atoms with Gasteiger partial charge in [0, 0.05) is 6.07 Å². The Morgan fingerprint density at radius 1 is 1.29 bits per heavy atom. The summed E-state index contributed by atoms with van der Waals surface area (Å²) in [6.07, 6.45) is 5.17. The first-order valence-electron chi connectivity index (χ1n) is 9.23. The third-order valence-corrected chi connectivity index (χ3v) is 4.58. The normalized spacial score (nSPS) is 14.9. The van der Waals surface area contributed by atoms with Gasteiger partial charge in [0.1, 0.15) is 11.6 Å². The number of benzene rings is 1. The van der Waals surface area contributed by atoms with Crippen LogP contribution in [0.25, 0.3) is 0 Å². The highest BCUT2D eigenvalue weighted by Gasteiger charge is 2.22. The van der Waals surface area contributed by atoms with Crippen molar-refractivity contribution >= 4 is 17.7 Å². The van der Waals surface area contributed by atoms with Crippen molar-refractivity contribution in [2.45, 2.75) is 44.8 Å². The van der Waals surface area contributed by atoms with Crippen molar-refractivity contribution in [3.63, 3.8) is 0 Å². The molecular weight excluding hydrogens is 360 g/mol. The predicted octanol–water partition coefficient (Wildman–Crippen LogP) is 2.82. The monoisotopic (exact) mass is 382 g/mol. The first kappa shape index (κ1) is 19.4. The second-order valence-corrected chi connectivity index (χ2v) is 6.65. The van der Waals surface area contributed by atoms with Crippen LogP contribution in [0.3, 0.4) is 0 Å². The summed E-state index contributed by atoms with van der Waals surface area (Å²) in [5, 5.41) is 15.8. The average molecular weight is 382 g/mol. The van der Waals surface area contributed by atoms with Crippen molar-refractivity contribution < 1.29 is 19.1 Å². The van der Waals surface area contributed by atoms with Gasteiger partial charge in [0.05, 0.1) is 23.9 Å². The molecule has 146 valence electrons. The number of nitrogens with zero attached hydrogens (tertiary/aromatic N) is 3. The summed E-state index contributed by atoms with van der Waals surface area (Å²) < 4.78 is 12.3. The molecule has 1 aromatic heterocycles. The van der Waals surface area contributed by atoms with Gasteiger partial charge in [-0.15, -0.1) is 0 Å². The minimum absolute atomic E-state index is 0.300. The Hall–Kier alpha value is -3.34. The van der Waals surface area contributed by atoms with Crippen molar-refractivity contribution in [1.29, 1.82) is 5.26 Å². The van der Waals surface area contributed by atoms with Crippen LogP contribution in [-0.4, -0.2) is 34.4 Å². The zero-order chi connectivity index (χ0) is 19.9. The molecule has 1 N–H and O–H groups in total. The quantitative estimate of drug-likeness (QED) is 0.738. The van der Waals surface area contributed by atoms with E-state index in [1.165, 1.54) is 6.92 Å². The maximum atomic E-state index is 12.1. The molecule has 8 nitrogen and oxygen atoms in total. The molecule has 0 unspecified atom stereocenters. The number of aromatic nitrogens is 2. The number of amides is 1. The number of rotatable bonds is 7. The summed E-state index contributed by atoms with van der Waals surface area (Å²) in [7, 11) is 0. The van der Waals surface area contributed by atoms with Crippen LogP contribution in [0.4, 0.5) is 5.82 Å². The van der Waals surface area contributed by atoms with Gasteiger partial charge in [0.2, 0.25) is 0 Å². The summed E-state index contributed by atoms with van der Waals surface area (Å²) in [5.41, 5.74) is 0.496. The van der Waals surface area contributed by atoms with E-state index in [4.69, 9.17) is 14.7 Å². The van der Waals surface area contributed by atoms with Gasteiger partial charge in [0.15, 0.2) is 12.7 Å². The van der Waals surface area contributed by atoms with Crippen LogP contribution in [0.5, 0.6) is 5.75 Å². The van der Waals surface area contributed by atoms with Crippen molar-refractivity contribution in [3.8, 4) is 11.8 Å². The zero-order valence-corrected chi connectivity index (χ0v) is 15.6. The molecule has 0 aliphatic heterocycles. The number of carbonyl (C=O) groups is 2. The second-order valence-electron chi connectivity index (χ2n) is 6.65. The molecule has 1 aromatic carbocycles. The number of hydrogen-bond acceptors (Lipinski definition) is 6. The van der Waals surface area contributed by atoms with E-state index in [9.17, 15) is 9.59 Å². The van der Waals surface area contributed by atoms with Crippen LogP contribution in [0.1, 0.15) is 44.2 Å². The molecule has 1 heterocycles. The number of anilines is 1. The first-order valence-corrected chi connectivity index (χ1v) is 9.23. The van der Waals surface area contributed by atoms with Gasteiger partial charge in [-0.25, -0.2) is 9.48 Å². The average Bonchev–Trinajstić information content (AvgIpc) is 3.38. The van der Waals surface area contributed by atoms with Crippen molar-refractivity contribution in [1.82, 2.24) is 9.78 Å². The molecule has 0 spiro atoms. The van der Waals surface area contributed by atoms with E-state index in [2.05, 4.69) is 10.4 Å². The molecule has 0 bridgehead atoms. The summed E-state index contributed by atoms with van der Waals surface area (Å²) in [5.74, 6) is -0.0364. The lowest BCUT2D eigenvalue weighted by Gasteiger charge is -2.16. The molecule has 8 heteroatoms. The Balaban J connectivity index is 1.46. The molecule has 1 saturated carbocycles. The molecule has 1 aliphatic carbocycles. The van der Waals surface area contributed by atoms with Gasteiger partial charge in [-0.3, -0.25) is 4.79 Å². The van der Waals surface area contributed by atoms with E-state index in [0.29, 0.717) is 23.2 Å². The van der Waals surface area contributed by atoms with E-state index in [1.54, 1.807) is 36.5 Å². The maximum absolute atomic E-state index is 12.1. The fourth-order valence-electron chi connectivity index (χ4n) is 3.15. The van der Waals surface area contributed by atoms with Gasteiger partial charge in [-0.05, 0) is 44.0 Å². The Bertz CT molecular complexity index is 863. The number of ether oxygens (including phenoxy) is 2. The minimum Gasteiger partial charge on any atom is -0.479 e. The minimum atomic E-state index is -0.884. The van der Waals surface area contributed by atoms with Gasteiger partial charge >= 0.3 is 5.97 Å². The highest BCUT2D eigenvalue weighted by Crippen LogP contribution is 2.31. The van der Waals surface area contributed by atoms with Gasteiger partial charge in [-0.2, -0.15) is 10.4 Å². The van der Waals surface area contributed by atoms with Gasteiger partial charge in [-0.1, -0.05) is 12.8 Å². The predicted molar refractivity (Wildman–Crippen MR) is 101 cm³/mol. The highest BCUT2D eigenvalue weighted by atomic mass is 16.6. The third-order valence-electron chi connectivity index (χ3n) is 4.58. The SMILES string of the molecule is C[C@@H](Oc1ccc(C#N)cc1)C(=O)OCC(=O)Nc1ccnn1C1CCCC1. The largest absolute Gasteiger partial charge is 0.479 e. The summed E-state index contributed by atoms with van der Waals surface area (Å²) in [6, 6.07) is 10.4. The molecule has 28 heavy (non-hydrogen) atoms. The number of esters is 1. The van der Waals surface area contributed by atoms with Crippen LogP contribution in [0, 0.1) is 11.3 Å². The van der Waals surface area contributed by atoms with Crippen LogP contribution in [-0.2, 0) is 14.3 Å². The number of carbonyl (C=O) groups excluding carboxylic acids is 2. The highest BCUT2D eigenvalue weighted by molar-refractivity contribution is 5.92. The smallest absolute Gasteiger partial charge is 0.347 e. The van der Waals surface area contributed by atoms with Crippen LogP contribution in [0.2, 0.25) is 0 Å². The molecule has 2 aromatic rings. The Morgan fingerprint density at radius 3 is 2.68 bits per heavy atom. The molecule has 0 saturated heterocycles. The van der Waals surface area contributed by atoms with Crippen LogP contribution >= 0.6 is 0 Å². The van der Waals surface area contributed by atoms with Crippen LogP contribution < -0.4 is 10.1 Å². The first-order chi connectivity index (χ1) is 13.6. The van der Waals surface area contributed by atoms with Gasteiger partial charge in [0.25, 0.3) is 5.91 Å². The van der Waals surface area contributed by atoms with E-state index in [0.717, 1.165) is 25.7 Å². The summed E-state index contributed by atoms with van der Waals surface area (Å²) in [6.45, 7) is 1.13. The Morgan fingerprint density at radius 2 is 2.00 bits per heavy atom. The van der Waals surface area contributed by atoms with Crippen molar-refractivity contribution in [2.24, 2.45) is 0 Å². The zero-order valence-electron chi connectivity index (χ0n) is 15.6. The maximum Gasteiger partial charge on any atom is 0.347 e. The molecule has 0 radical (unpaired) electrons. The third kappa shape index (κ3) is 4.88. The van der Waals surface area contributed by atoms with Gasteiger partial charge < -0.3 is 14.8 Å². The van der Waals surface area contributed by atoms with Crippen LogP contribution in [0.15, 0.2) is 36.5 Å². The lowest BCUT2D eigenvalue weighted by molar-refractivity contribution is -0.153. The molecule has 1 atom stereocenters. The number of nitriles is 1. The second kappa shape index (κ2) is 9.04. The summed E-state index contributed by atoms with van der Waals surface area (Å²) >= 11 is 0. The Kier molecular flexibility index (Phi) is 6.27. The fourth-order valence-corrected chi connectivity index (χ4v) is 3.15. The van der Waals surface area contributed by atoms with E-state index in [-0.39, 0.29) is 0 Å². The molecule has 1 amide bonds. The standard InChI is InChI=1S/C20H22N4O4/c1-14(28-17-8-6-15(12-21)7-9-17)20(26)27-13-19(25)23-18-10-11-22-24(18)16-4-2-3-5-16/h6-11,14,16H,2-5,13H2,1H3,(H,23,25)/t14-/m1/s1. The van der Waals surface area contributed by atoms with E-state index in [1.807, 2.05) is 10.8 Å². The molecule has 3 rings (SSSR count). The van der Waals surface area contributed by atoms with E-state index < -0.39 is 24.6 Å².